The number of nitrogens with zero attached hydrogens (tertiary/aromatic N) is 2. The highest BCUT2D eigenvalue weighted by Crippen LogP contribution is 2.47. The Morgan fingerprint density at radius 3 is 2.19 bits per heavy atom. The lowest BCUT2D eigenvalue weighted by atomic mass is 9.96. The van der Waals surface area contributed by atoms with E-state index in [1.165, 1.54) is 0 Å². The highest BCUT2D eigenvalue weighted by Gasteiger charge is 2.38. The number of nitrogens with one attached hydrogen (secondary N) is 1. The molecule has 7 heteroatoms. The summed E-state index contributed by atoms with van der Waals surface area (Å²) in [5.41, 5.74) is 4.38. The fourth-order valence-electron chi connectivity index (χ4n) is 5.80. The molecule has 2 aliphatic heterocycles. The number of carbonyl (C=O) groups excluding carboxylic acids is 2. The smallest absolute Gasteiger partial charge is 0.259 e. The lowest BCUT2D eigenvalue weighted by Gasteiger charge is -2.26. The standard InChI is InChI=1S/C25H19N3O4/c1-32-17-10-12(29)11-27-15-8-4-2-6-13(15)18-20-21(25(31)26-24(20)30)19-14-7-3-5-9-16(14)28(17)23(19)22(18)27/h2-9,12,17,29H,10-11H2,1H3,(H,26,30,31). The highest BCUT2D eigenvalue weighted by atomic mass is 16.5. The van der Waals surface area contributed by atoms with E-state index in [0.717, 1.165) is 43.6 Å². The van der Waals surface area contributed by atoms with Gasteiger partial charge in [0.2, 0.25) is 0 Å². The van der Waals surface area contributed by atoms with Gasteiger partial charge in [-0.1, -0.05) is 36.4 Å². The van der Waals surface area contributed by atoms with Crippen molar-refractivity contribution >= 4 is 55.4 Å². The SMILES string of the molecule is COC1CC(O)Cn2c3ccccc3c3c4c(c5c6ccccc6n1c5c32)C(=O)NC4=O. The molecule has 0 spiro atoms. The van der Waals surface area contributed by atoms with E-state index in [1.54, 1.807) is 7.11 Å². The number of aliphatic hydroxyl groups excluding tert-OH is 1. The minimum Gasteiger partial charge on any atom is -0.391 e. The number of benzene rings is 3. The molecule has 0 bridgehead atoms. The molecule has 2 unspecified atom stereocenters. The number of methoxy groups -OCH3 is 1. The van der Waals surface area contributed by atoms with Crippen molar-refractivity contribution in [2.45, 2.75) is 25.3 Å². The number of aliphatic hydroxyl groups is 1. The predicted octanol–water partition coefficient (Wildman–Crippen LogP) is 3.70. The lowest BCUT2D eigenvalue weighted by molar-refractivity contribution is -0.000332. The maximum absolute atomic E-state index is 13.1. The Bertz CT molecular complexity index is 1660. The van der Waals surface area contributed by atoms with Crippen LogP contribution < -0.4 is 5.32 Å². The Labute approximate surface area is 181 Å². The van der Waals surface area contributed by atoms with Crippen molar-refractivity contribution in [3.63, 3.8) is 0 Å². The molecule has 0 radical (unpaired) electrons. The third-order valence-electron chi connectivity index (χ3n) is 6.96. The van der Waals surface area contributed by atoms with E-state index in [1.807, 2.05) is 48.5 Å². The van der Waals surface area contributed by atoms with Crippen LogP contribution in [0.5, 0.6) is 0 Å². The zero-order chi connectivity index (χ0) is 21.7. The van der Waals surface area contributed by atoms with Crippen LogP contribution in [0, 0.1) is 0 Å². The molecule has 2 atom stereocenters. The van der Waals surface area contributed by atoms with Crippen molar-refractivity contribution in [2.24, 2.45) is 0 Å². The van der Waals surface area contributed by atoms with Gasteiger partial charge in [-0.25, -0.2) is 0 Å². The van der Waals surface area contributed by atoms with Crippen molar-refractivity contribution < 1.29 is 19.4 Å². The van der Waals surface area contributed by atoms with Crippen LogP contribution in [0.3, 0.4) is 0 Å². The summed E-state index contributed by atoms with van der Waals surface area (Å²) in [7, 11) is 1.63. The lowest BCUT2D eigenvalue weighted by Crippen LogP contribution is -2.25. The summed E-state index contributed by atoms with van der Waals surface area (Å²) in [6, 6.07) is 15.7. The van der Waals surface area contributed by atoms with Gasteiger partial charge >= 0.3 is 0 Å². The number of hydrogen-bond acceptors (Lipinski definition) is 4. The third kappa shape index (κ3) is 1.98. The van der Waals surface area contributed by atoms with Crippen molar-refractivity contribution in [1.82, 2.24) is 14.5 Å². The molecule has 3 aromatic carbocycles. The number of amides is 2. The number of imide groups is 1. The van der Waals surface area contributed by atoms with E-state index in [2.05, 4.69) is 14.5 Å². The number of aromatic nitrogens is 2. The number of fused-ring (bicyclic) bond motifs is 9. The van der Waals surface area contributed by atoms with Gasteiger partial charge in [0.15, 0.2) is 0 Å². The van der Waals surface area contributed by atoms with Crippen molar-refractivity contribution in [3.05, 3.63) is 59.7 Å². The van der Waals surface area contributed by atoms with E-state index in [9.17, 15) is 14.7 Å². The molecule has 5 aromatic rings. The summed E-state index contributed by atoms with van der Waals surface area (Å²) in [4.78, 5) is 26.1. The van der Waals surface area contributed by atoms with Gasteiger partial charge < -0.3 is 19.0 Å². The first-order chi connectivity index (χ1) is 15.6. The first-order valence-corrected chi connectivity index (χ1v) is 10.7. The monoisotopic (exact) mass is 425 g/mol. The summed E-state index contributed by atoms with van der Waals surface area (Å²) < 4.78 is 10.0. The predicted molar refractivity (Wildman–Crippen MR) is 121 cm³/mol. The largest absolute Gasteiger partial charge is 0.391 e. The second kappa shape index (κ2) is 5.97. The van der Waals surface area contributed by atoms with Crippen molar-refractivity contribution in [3.8, 4) is 0 Å². The van der Waals surface area contributed by atoms with Gasteiger partial charge in [-0.3, -0.25) is 14.9 Å². The topological polar surface area (TPSA) is 85.5 Å². The average Bonchev–Trinajstić information content (AvgIpc) is 3.39. The molecule has 0 aliphatic carbocycles. The molecule has 2 amide bonds. The van der Waals surface area contributed by atoms with Crippen LogP contribution in [0.4, 0.5) is 0 Å². The molecule has 2 N–H and O–H groups in total. The Kier molecular flexibility index (Phi) is 3.35. The Morgan fingerprint density at radius 2 is 1.50 bits per heavy atom. The molecule has 158 valence electrons. The van der Waals surface area contributed by atoms with Crippen LogP contribution in [-0.2, 0) is 11.3 Å². The highest BCUT2D eigenvalue weighted by molar-refractivity contribution is 6.39. The molecule has 2 aromatic heterocycles. The van der Waals surface area contributed by atoms with E-state index in [4.69, 9.17) is 4.74 Å². The maximum Gasteiger partial charge on any atom is 0.259 e. The molecule has 0 saturated carbocycles. The maximum atomic E-state index is 13.1. The van der Waals surface area contributed by atoms with E-state index >= 15 is 0 Å². The third-order valence-corrected chi connectivity index (χ3v) is 6.96. The van der Waals surface area contributed by atoms with Crippen LogP contribution >= 0.6 is 0 Å². The minimum atomic E-state index is -0.646. The second-order valence-corrected chi connectivity index (χ2v) is 8.58. The van der Waals surface area contributed by atoms with E-state index in [-0.39, 0.29) is 11.8 Å². The molecule has 0 saturated heterocycles. The number of para-hydroxylation sites is 2. The van der Waals surface area contributed by atoms with E-state index < -0.39 is 12.3 Å². The van der Waals surface area contributed by atoms with Gasteiger partial charge in [0, 0.05) is 47.1 Å². The Hall–Kier alpha value is -3.68. The second-order valence-electron chi connectivity index (χ2n) is 8.58. The molecule has 2 aliphatic rings. The molecule has 7 rings (SSSR count). The summed E-state index contributed by atoms with van der Waals surface area (Å²) in [5, 5.41) is 16.8. The summed E-state index contributed by atoms with van der Waals surface area (Å²) in [5.74, 6) is -0.750. The van der Waals surface area contributed by atoms with Gasteiger partial charge in [-0.2, -0.15) is 0 Å². The zero-order valence-corrected chi connectivity index (χ0v) is 17.3. The summed E-state index contributed by atoms with van der Waals surface area (Å²) in [6.45, 7) is 0.370. The first-order valence-electron chi connectivity index (χ1n) is 10.7. The molecule has 4 heterocycles. The summed E-state index contributed by atoms with van der Waals surface area (Å²) >= 11 is 0. The van der Waals surface area contributed by atoms with Gasteiger partial charge in [0.1, 0.15) is 6.23 Å². The fraction of sp³-hybridized carbons (Fsp3) is 0.200. The molecular formula is C25H19N3O4. The Morgan fingerprint density at radius 1 is 0.906 bits per heavy atom. The number of carbonyl (C=O) groups is 2. The van der Waals surface area contributed by atoms with Crippen LogP contribution in [0.25, 0.3) is 43.6 Å². The molecular weight excluding hydrogens is 406 g/mol. The van der Waals surface area contributed by atoms with E-state index in [0.29, 0.717) is 24.1 Å². The van der Waals surface area contributed by atoms with Crippen LogP contribution in [0.2, 0.25) is 0 Å². The van der Waals surface area contributed by atoms with Crippen LogP contribution in [0.1, 0.15) is 33.4 Å². The van der Waals surface area contributed by atoms with Gasteiger partial charge in [-0.15, -0.1) is 0 Å². The quantitative estimate of drug-likeness (QED) is 0.401. The van der Waals surface area contributed by atoms with Gasteiger partial charge in [0.05, 0.1) is 33.8 Å². The minimum absolute atomic E-state index is 0.370. The normalized spacial score (nSPS) is 20.4. The zero-order valence-electron chi connectivity index (χ0n) is 17.3. The van der Waals surface area contributed by atoms with Crippen molar-refractivity contribution in [1.29, 1.82) is 0 Å². The van der Waals surface area contributed by atoms with Gasteiger partial charge in [0.25, 0.3) is 11.8 Å². The average molecular weight is 425 g/mol. The first kappa shape index (κ1) is 17.9. The van der Waals surface area contributed by atoms with Crippen LogP contribution in [-0.4, -0.2) is 39.3 Å². The van der Waals surface area contributed by atoms with Crippen molar-refractivity contribution in [2.75, 3.05) is 7.11 Å². The van der Waals surface area contributed by atoms with Gasteiger partial charge in [-0.05, 0) is 12.1 Å². The number of rotatable bonds is 1. The fourth-order valence-corrected chi connectivity index (χ4v) is 5.80. The number of ether oxygens (including phenoxy) is 1. The summed E-state index contributed by atoms with van der Waals surface area (Å²) in [6.07, 6.45) is -0.660. The number of hydrogen-bond donors (Lipinski definition) is 2. The molecule has 7 nitrogen and oxygen atoms in total. The Balaban J connectivity index is 1.90. The molecule has 32 heavy (non-hydrogen) atoms. The molecule has 0 fully saturated rings. The van der Waals surface area contributed by atoms with Crippen LogP contribution in [0.15, 0.2) is 48.5 Å².